The van der Waals surface area contributed by atoms with Crippen LogP contribution in [0.4, 0.5) is 5.95 Å². The molecule has 5 nitrogen and oxygen atoms in total. The van der Waals surface area contributed by atoms with Crippen LogP contribution in [0.25, 0.3) is 0 Å². The van der Waals surface area contributed by atoms with Gasteiger partial charge < -0.3 is 4.74 Å². The summed E-state index contributed by atoms with van der Waals surface area (Å²) in [6.45, 7) is 0. The number of likely N-dealkylation sites (N-methyl/N-ethyl adjacent to an activating group) is 1. The fraction of sp³-hybridized carbons (Fsp3) is 0.389. The summed E-state index contributed by atoms with van der Waals surface area (Å²) in [4.78, 5) is 22.2. The van der Waals surface area contributed by atoms with E-state index >= 15 is 0 Å². The third kappa shape index (κ3) is 3.50. The average molecular weight is 311 g/mol. The van der Waals surface area contributed by atoms with Crippen molar-refractivity contribution in [2.75, 3.05) is 19.1 Å². The van der Waals surface area contributed by atoms with Crippen LogP contribution in [0.1, 0.15) is 36.3 Å². The van der Waals surface area contributed by atoms with Gasteiger partial charge in [0, 0.05) is 19.3 Å². The predicted octanol–water partition coefficient (Wildman–Crippen LogP) is 2.96. The van der Waals surface area contributed by atoms with Gasteiger partial charge >= 0.3 is 0 Å². The van der Waals surface area contributed by atoms with E-state index in [2.05, 4.69) is 22.1 Å². The summed E-state index contributed by atoms with van der Waals surface area (Å²) in [6.07, 6.45) is 5.82. The zero-order valence-electron chi connectivity index (χ0n) is 13.5. The Hall–Kier alpha value is -2.43. The molecule has 5 heteroatoms. The minimum absolute atomic E-state index is 0.0466. The maximum Gasteiger partial charge on any atom is 0.235 e. The van der Waals surface area contributed by atoms with Crippen molar-refractivity contribution in [1.29, 1.82) is 0 Å². The molecule has 1 aliphatic rings. The molecule has 0 aliphatic heterocycles. The van der Waals surface area contributed by atoms with Gasteiger partial charge in [-0.1, -0.05) is 30.7 Å². The fourth-order valence-electron chi connectivity index (χ4n) is 2.66. The van der Waals surface area contributed by atoms with E-state index in [1.165, 1.54) is 36.8 Å². The Kier molecular flexibility index (Phi) is 4.55. The summed E-state index contributed by atoms with van der Waals surface area (Å²) in [6, 6.07) is 10.0. The standard InChI is InChI=1S/C18H21N3O2/c1-21(18-19-11-10-16(20-18)23-2)17(22)12-13-6-8-15(9-7-13)14-4-3-5-14/h6-11,14H,3-5,12H2,1-2H3. The van der Waals surface area contributed by atoms with Crippen LogP contribution in [0.3, 0.4) is 0 Å². The molecule has 1 fully saturated rings. The van der Waals surface area contributed by atoms with Gasteiger partial charge in [0.2, 0.25) is 17.7 Å². The number of hydrogen-bond acceptors (Lipinski definition) is 4. The van der Waals surface area contributed by atoms with Crippen LogP contribution in [0.15, 0.2) is 36.5 Å². The number of amides is 1. The van der Waals surface area contributed by atoms with Gasteiger partial charge in [0.05, 0.1) is 13.5 Å². The summed E-state index contributed by atoms with van der Waals surface area (Å²) in [5.74, 6) is 1.46. The van der Waals surface area contributed by atoms with Gasteiger partial charge in [-0.3, -0.25) is 9.69 Å². The first-order valence-electron chi connectivity index (χ1n) is 7.90. The van der Waals surface area contributed by atoms with Crippen molar-refractivity contribution in [2.24, 2.45) is 0 Å². The van der Waals surface area contributed by atoms with Crippen molar-refractivity contribution < 1.29 is 9.53 Å². The molecule has 120 valence electrons. The van der Waals surface area contributed by atoms with Crippen LogP contribution in [-0.2, 0) is 11.2 Å². The fourth-order valence-corrected chi connectivity index (χ4v) is 2.66. The van der Waals surface area contributed by atoms with Gasteiger partial charge in [-0.05, 0) is 29.9 Å². The number of carbonyl (C=O) groups excluding carboxylic acids is 1. The van der Waals surface area contributed by atoms with Crippen molar-refractivity contribution >= 4 is 11.9 Å². The molecular formula is C18H21N3O2. The van der Waals surface area contributed by atoms with E-state index in [1.807, 2.05) is 12.1 Å². The molecule has 1 amide bonds. The van der Waals surface area contributed by atoms with E-state index in [1.54, 1.807) is 19.3 Å². The third-order valence-electron chi connectivity index (χ3n) is 4.41. The number of benzene rings is 1. The molecule has 3 rings (SSSR count). The summed E-state index contributed by atoms with van der Waals surface area (Å²) < 4.78 is 5.07. The van der Waals surface area contributed by atoms with Crippen molar-refractivity contribution in [2.45, 2.75) is 31.6 Å². The Labute approximate surface area is 136 Å². The highest BCUT2D eigenvalue weighted by molar-refractivity contribution is 5.92. The van der Waals surface area contributed by atoms with Gasteiger partial charge in [0.15, 0.2) is 0 Å². The lowest BCUT2D eigenvalue weighted by atomic mass is 9.80. The molecular weight excluding hydrogens is 290 g/mol. The summed E-state index contributed by atoms with van der Waals surface area (Å²) in [7, 11) is 3.22. The molecule has 0 radical (unpaired) electrons. The maximum absolute atomic E-state index is 12.4. The monoisotopic (exact) mass is 311 g/mol. The molecule has 1 aromatic heterocycles. The second-order valence-electron chi connectivity index (χ2n) is 5.90. The first-order chi connectivity index (χ1) is 11.2. The van der Waals surface area contributed by atoms with Crippen molar-refractivity contribution in [1.82, 2.24) is 9.97 Å². The second-order valence-corrected chi connectivity index (χ2v) is 5.90. The molecule has 0 unspecified atom stereocenters. The van der Waals surface area contributed by atoms with Gasteiger partial charge in [0.1, 0.15) is 0 Å². The normalized spacial score (nSPS) is 14.2. The summed E-state index contributed by atoms with van der Waals surface area (Å²) >= 11 is 0. The van der Waals surface area contributed by atoms with Crippen LogP contribution in [0.5, 0.6) is 5.88 Å². The van der Waals surface area contributed by atoms with Gasteiger partial charge in [-0.15, -0.1) is 0 Å². The van der Waals surface area contributed by atoms with E-state index in [4.69, 9.17) is 4.74 Å². The van der Waals surface area contributed by atoms with E-state index in [9.17, 15) is 4.79 Å². The number of ether oxygens (including phenoxy) is 1. The first kappa shape index (κ1) is 15.5. The molecule has 23 heavy (non-hydrogen) atoms. The number of rotatable bonds is 5. The van der Waals surface area contributed by atoms with Gasteiger partial charge in [-0.2, -0.15) is 4.98 Å². The Morgan fingerprint density at radius 1 is 1.26 bits per heavy atom. The largest absolute Gasteiger partial charge is 0.481 e. The Balaban J connectivity index is 1.65. The number of methoxy groups -OCH3 is 1. The zero-order chi connectivity index (χ0) is 16.2. The molecule has 0 spiro atoms. The summed E-state index contributed by atoms with van der Waals surface area (Å²) in [5.41, 5.74) is 2.39. The van der Waals surface area contributed by atoms with Gasteiger partial charge in [0.25, 0.3) is 0 Å². The molecule has 1 heterocycles. The number of hydrogen-bond donors (Lipinski definition) is 0. The van der Waals surface area contributed by atoms with Crippen LogP contribution < -0.4 is 9.64 Å². The van der Waals surface area contributed by atoms with E-state index in [0.717, 1.165) is 5.56 Å². The topological polar surface area (TPSA) is 55.3 Å². The quantitative estimate of drug-likeness (QED) is 0.852. The van der Waals surface area contributed by atoms with Crippen LogP contribution in [0, 0.1) is 0 Å². The second kappa shape index (κ2) is 6.77. The van der Waals surface area contributed by atoms with Crippen LogP contribution in [-0.4, -0.2) is 30.0 Å². The lowest BCUT2D eigenvalue weighted by molar-refractivity contribution is -0.117. The smallest absolute Gasteiger partial charge is 0.235 e. The zero-order valence-corrected chi connectivity index (χ0v) is 13.5. The number of anilines is 1. The molecule has 0 bridgehead atoms. The Morgan fingerprint density at radius 3 is 2.61 bits per heavy atom. The highest BCUT2D eigenvalue weighted by atomic mass is 16.5. The van der Waals surface area contributed by atoms with Gasteiger partial charge in [-0.25, -0.2) is 4.98 Å². The molecule has 0 atom stereocenters. The molecule has 1 aromatic carbocycles. The lowest BCUT2D eigenvalue weighted by Crippen LogP contribution is -2.29. The molecule has 1 aliphatic carbocycles. The Morgan fingerprint density at radius 2 is 2.00 bits per heavy atom. The number of nitrogens with zero attached hydrogens (tertiary/aromatic N) is 3. The lowest BCUT2D eigenvalue weighted by Gasteiger charge is -2.25. The molecule has 0 saturated heterocycles. The summed E-state index contributed by atoms with van der Waals surface area (Å²) in [5, 5.41) is 0. The predicted molar refractivity (Wildman–Crippen MR) is 88.7 cm³/mol. The minimum Gasteiger partial charge on any atom is -0.481 e. The molecule has 2 aromatic rings. The highest BCUT2D eigenvalue weighted by Crippen LogP contribution is 2.36. The van der Waals surface area contributed by atoms with E-state index < -0.39 is 0 Å². The van der Waals surface area contributed by atoms with Crippen LogP contribution >= 0.6 is 0 Å². The van der Waals surface area contributed by atoms with Crippen molar-refractivity contribution in [3.63, 3.8) is 0 Å². The number of carbonyl (C=O) groups is 1. The van der Waals surface area contributed by atoms with E-state index in [-0.39, 0.29) is 5.91 Å². The Bertz CT molecular complexity index is 681. The first-order valence-corrected chi connectivity index (χ1v) is 7.90. The SMILES string of the molecule is COc1ccnc(N(C)C(=O)Cc2ccc(C3CCC3)cc2)n1. The minimum atomic E-state index is -0.0466. The van der Waals surface area contributed by atoms with Crippen molar-refractivity contribution in [3.8, 4) is 5.88 Å². The molecule has 1 saturated carbocycles. The number of aromatic nitrogens is 2. The van der Waals surface area contributed by atoms with Crippen LogP contribution in [0.2, 0.25) is 0 Å². The van der Waals surface area contributed by atoms with Crippen molar-refractivity contribution in [3.05, 3.63) is 47.7 Å². The third-order valence-corrected chi connectivity index (χ3v) is 4.41. The highest BCUT2D eigenvalue weighted by Gasteiger charge is 2.19. The maximum atomic E-state index is 12.4. The average Bonchev–Trinajstić information content (AvgIpc) is 2.54. The molecule has 0 N–H and O–H groups in total. The van der Waals surface area contributed by atoms with E-state index in [0.29, 0.717) is 24.2 Å².